The molecule has 3 N–H and O–H groups in total. The van der Waals surface area contributed by atoms with Crippen LogP contribution in [-0.4, -0.2) is 35.3 Å². The number of hydroxylamine groups is 2. The lowest BCUT2D eigenvalue weighted by Gasteiger charge is -2.16. The summed E-state index contributed by atoms with van der Waals surface area (Å²) in [6.45, 7) is 2.26. The van der Waals surface area contributed by atoms with Crippen LogP contribution in [0.15, 0.2) is 72.8 Å². The lowest BCUT2D eigenvalue weighted by molar-refractivity contribution is -0.0416. The quantitative estimate of drug-likeness (QED) is 0.363. The fourth-order valence-electron chi connectivity index (χ4n) is 3.10. The van der Waals surface area contributed by atoms with E-state index >= 15 is 0 Å². The van der Waals surface area contributed by atoms with E-state index in [-0.39, 0.29) is 31.4 Å². The topological polar surface area (TPSA) is 81.7 Å². The molecule has 0 radical (unpaired) electrons. The second-order valence-electron chi connectivity index (χ2n) is 7.29. The molecule has 32 heavy (non-hydrogen) atoms. The minimum absolute atomic E-state index is 0.0805. The summed E-state index contributed by atoms with van der Waals surface area (Å²) in [5.41, 5.74) is 4.56. The van der Waals surface area contributed by atoms with Gasteiger partial charge < -0.3 is 10.6 Å². The number of benzene rings is 3. The number of carbonyl (C=O) groups excluding carboxylic acids is 2. The van der Waals surface area contributed by atoms with Crippen molar-refractivity contribution in [2.45, 2.75) is 19.9 Å². The molecular weight excluding hydrogens is 409 g/mol. The number of hydrogen-bond acceptors (Lipinski definition) is 3. The summed E-state index contributed by atoms with van der Waals surface area (Å²) in [6, 6.07) is 20.5. The zero-order valence-electron chi connectivity index (χ0n) is 17.8. The molecule has 166 valence electrons. The van der Waals surface area contributed by atoms with Crippen molar-refractivity contribution in [3.63, 3.8) is 0 Å². The molecule has 7 heteroatoms. The molecule has 0 heterocycles. The molecule has 3 rings (SSSR count). The molecule has 0 aliphatic rings. The third-order valence-corrected chi connectivity index (χ3v) is 5.04. The summed E-state index contributed by atoms with van der Waals surface area (Å²) in [5.74, 6) is -0.655. The minimum atomic E-state index is -0.706. The lowest BCUT2D eigenvalue weighted by Crippen LogP contribution is -2.41. The van der Waals surface area contributed by atoms with Crippen LogP contribution < -0.4 is 10.6 Å². The third-order valence-electron chi connectivity index (χ3n) is 5.04. The van der Waals surface area contributed by atoms with Gasteiger partial charge in [0.25, 0.3) is 5.91 Å². The van der Waals surface area contributed by atoms with Crippen molar-refractivity contribution in [2.24, 2.45) is 0 Å². The van der Waals surface area contributed by atoms with Crippen molar-refractivity contribution in [1.29, 1.82) is 0 Å². The first-order chi connectivity index (χ1) is 15.5. The number of rotatable bonds is 8. The maximum Gasteiger partial charge on any atom is 0.341 e. The Morgan fingerprint density at radius 2 is 1.41 bits per heavy atom. The molecule has 0 spiro atoms. The minimum Gasteiger partial charge on any atom is -0.350 e. The number of aryl methyl sites for hydroxylation is 1. The van der Waals surface area contributed by atoms with E-state index in [1.807, 2.05) is 12.1 Å². The Kier molecular flexibility index (Phi) is 7.94. The maximum atomic E-state index is 12.9. The van der Waals surface area contributed by atoms with E-state index in [0.29, 0.717) is 16.2 Å². The van der Waals surface area contributed by atoms with Gasteiger partial charge in [0, 0.05) is 18.7 Å². The Hall–Kier alpha value is -3.71. The summed E-state index contributed by atoms with van der Waals surface area (Å²) in [6.07, 6.45) is 0.987. The van der Waals surface area contributed by atoms with Crippen molar-refractivity contribution < 1.29 is 19.2 Å². The molecule has 0 saturated heterocycles. The fraction of sp³-hybridized carbons (Fsp3) is 0.200. The highest BCUT2D eigenvalue weighted by atomic mass is 19.1. The number of nitrogens with one attached hydrogen (secondary N) is 2. The van der Waals surface area contributed by atoms with Gasteiger partial charge in [-0.25, -0.2) is 14.2 Å². The summed E-state index contributed by atoms with van der Waals surface area (Å²) in [5, 5.41) is 15.5. The Balaban J connectivity index is 1.43. The van der Waals surface area contributed by atoms with Crippen molar-refractivity contribution in [3.05, 3.63) is 95.3 Å². The van der Waals surface area contributed by atoms with Gasteiger partial charge in [-0.2, -0.15) is 0 Å². The van der Waals surface area contributed by atoms with E-state index in [4.69, 9.17) is 0 Å². The largest absolute Gasteiger partial charge is 0.350 e. The average molecular weight is 435 g/mol. The summed E-state index contributed by atoms with van der Waals surface area (Å²) < 4.78 is 12.9. The molecule has 0 atom stereocenters. The van der Waals surface area contributed by atoms with Gasteiger partial charge in [0.15, 0.2) is 0 Å². The first kappa shape index (κ1) is 23.0. The van der Waals surface area contributed by atoms with Crippen LogP contribution in [0.4, 0.5) is 9.18 Å². The monoisotopic (exact) mass is 435 g/mol. The van der Waals surface area contributed by atoms with E-state index in [2.05, 4.69) is 41.8 Å². The summed E-state index contributed by atoms with van der Waals surface area (Å²) in [7, 11) is 0. The first-order valence-electron chi connectivity index (χ1n) is 10.4. The van der Waals surface area contributed by atoms with Crippen LogP contribution in [0.2, 0.25) is 0 Å². The molecule has 0 aliphatic carbocycles. The van der Waals surface area contributed by atoms with E-state index < -0.39 is 6.03 Å². The zero-order chi connectivity index (χ0) is 22.9. The Labute approximate surface area is 186 Å². The molecule has 0 fully saturated rings. The summed E-state index contributed by atoms with van der Waals surface area (Å²) in [4.78, 5) is 24.2. The van der Waals surface area contributed by atoms with Crippen molar-refractivity contribution in [1.82, 2.24) is 15.7 Å². The molecule has 3 aromatic rings. The molecule has 0 unspecified atom stereocenters. The second-order valence-corrected chi connectivity index (χ2v) is 7.29. The van der Waals surface area contributed by atoms with Gasteiger partial charge in [0.05, 0.1) is 6.54 Å². The standard InChI is InChI=1S/C25H26FN3O3/c1-2-18-3-7-20(8-4-18)21-9-11-22(12-10-21)24(30)27-15-16-29(32)25(31)28-17-19-5-13-23(26)14-6-19/h3-14,32H,2,15-17H2,1H3,(H,27,30)(H,28,31). The van der Waals surface area contributed by atoms with Crippen LogP contribution in [-0.2, 0) is 13.0 Å². The average Bonchev–Trinajstić information content (AvgIpc) is 2.83. The number of urea groups is 1. The number of nitrogens with zero attached hydrogens (tertiary/aromatic N) is 1. The number of carbonyl (C=O) groups is 2. The number of amides is 3. The molecule has 3 aromatic carbocycles. The Bertz CT molecular complexity index is 1040. The molecule has 0 bridgehead atoms. The molecule has 0 aromatic heterocycles. The van der Waals surface area contributed by atoms with E-state index in [1.54, 1.807) is 24.3 Å². The van der Waals surface area contributed by atoms with E-state index in [0.717, 1.165) is 17.5 Å². The predicted octanol–water partition coefficient (Wildman–Crippen LogP) is 4.39. The first-order valence-corrected chi connectivity index (χ1v) is 10.4. The highest BCUT2D eigenvalue weighted by Crippen LogP contribution is 2.20. The molecule has 3 amide bonds. The maximum absolute atomic E-state index is 12.9. The van der Waals surface area contributed by atoms with Gasteiger partial charge in [-0.1, -0.05) is 55.5 Å². The van der Waals surface area contributed by atoms with Crippen LogP contribution in [0, 0.1) is 5.82 Å². The molecular formula is C25H26FN3O3. The van der Waals surface area contributed by atoms with E-state index in [1.165, 1.54) is 17.7 Å². The molecule has 0 aliphatic heterocycles. The number of hydrogen-bond donors (Lipinski definition) is 3. The lowest BCUT2D eigenvalue weighted by atomic mass is 10.0. The second kappa shape index (κ2) is 11.1. The summed E-state index contributed by atoms with van der Waals surface area (Å²) >= 11 is 0. The van der Waals surface area contributed by atoms with E-state index in [9.17, 15) is 19.2 Å². The van der Waals surface area contributed by atoms with Crippen LogP contribution in [0.25, 0.3) is 11.1 Å². The van der Waals surface area contributed by atoms with Gasteiger partial charge in [0.2, 0.25) is 0 Å². The Morgan fingerprint density at radius 3 is 2.00 bits per heavy atom. The predicted molar refractivity (Wildman–Crippen MR) is 121 cm³/mol. The van der Waals surface area contributed by atoms with Crippen LogP contribution in [0.1, 0.15) is 28.4 Å². The van der Waals surface area contributed by atoms with Crippen molar-refractivity contribution >= 4 is 11.9 Å². The smallest absolute Gasteiger partial charge is 0.341 e. The fourth-order valence-corrected chi connectivity index (χ4v) is 3.10. The van der Waals surface area contributed by atoms with Gasteiger partial charge in [-0.05, 0) is 52.9 Å². The van der Waals surface area contributed by atoms with Gasteiger partial charge in [0.1, 0.15) is 5.82 Å². The normalized spacial score (nSPS) is 10.5. The number of halogens is 1. The highest BCUT2D eigenvalue weighted by Gasteiger charge is 2.11. The van der Waals surface area contributed by atoms with Gasteiger partial charge in [-0.15, -0.1) is 0 Å². The third kappa shape index (κ3) is 6.39. The van der Waals surface area contributed by atoms with Crippen molar-refractivity contribution in [3.8, 4) is 11.1 Å². The zero-order valence-corrected chi connectivity index (χ0v) is 17.8. The van der Waals surface area contributed by atoms with Gasteiger partial charge >= 0.3 is 6.03 Å². The SMILES string of the molecule is CCc1ccc(-c2ccc(C(=O)NCCN(O)C(=O)NCc3ccc(F)cc3)cc2)cc1. The highest BCUT2D eigenvalue weighted by molar-refractivity contribution is 5.94. The van der Waals surface area contributed by atoms with Crippen LogP contribution in [0.5, 0.6) is 0 Å². The van der Waals surface area contributed by atoms with Crippen LogP contribution >= 0.6 is 0 Å². The molecule has 6 nitrogen and oxygen atoms in total. The van der Waals surface area contributed by atoms with Crippen molar-refractivity contribution in [2.75, 3.05) is 13.1 Å². The van der Waals surface area contributed by atoms with Crippen LogP contribution in [0.3, 0.4) is 0 Å². The Morgan fingerprint density at radius 1 is 0.844 bits per heavy atom. The molecule has 0 saturated carbocycles. The van der Waals surface area contributed by atoms with Gasteiger partial charge in [-0.3, -0.25) is 10.0 Å².